The molecule has 0 spiro atoms. The van der Waals surface area contributed by atoms with Crippen molar-refractivity contribution >= 4 is 11.8 Å². The minimum absolute atomic E-state index is 0.0450. The van der Waals surface area contributed by atoms with Gasteiger partial charge in [0.15, 0.2) is 0 Å². The minimum atomic E-state index is -0.173. The van der Waals surface area contributed by atoms with E-state index >= 15 is 0 Å². The van der Waals surface area contributed by atoms with Crippen molar-refractivity contribution in [2.75, 3.05) is 26.2 Å². The second-order valence-corrected chi connectivity index (χ2v) is 6.46. The van der Waals surface area contributed by atoms with Crippen molar-refractivity contribution in [2.24, 2.45) is 24.8 Å². The van der Waals surface area contributed by atoms with Gasteiger partial charge in [0.2, 0.25) is 11.7 Å². The van der Waals surface area contributed by atoms with E-state index in [0.29, 0.717) is 19.0 Å². The standard InChI is InChI=1S/C14H21N5O2/c1-9(2)4-18-5-10-6-19(7-11(10)13(18)20)14(21)12-15-8-17(3)16-12/h8-11H,4-7H2,1-3H3/t10-,11+/m1/s1. The number of rotatable bonds is 3. The Labute approximate surface area is 123 Å². The van der Waals surface area contributed by atoms with Crippen LogP contribution in [0.4, 0.5) is 0 Å². The van der Waals surface area contributed by atoms with Crippen LogP contribution in [0.2, 0.25) is 0 Å². The number of aromatic nitrogens is 3. The predicted octanol–water partition coefficient (Wildman–Crippen LogP) is 0.00150. The first kappa shape index (κ1) is 14.0. The molecule has 0 unspecified atom stereocenters. The highest BCUT2D eigenvalue weighted by molar-refractivity contribution is 5.92. The van der Waals surface area contributed by atoms with Crippen LogP contribution in [0.5, 0.6) is 0 Å². The van der Waals surface area contributed by atoms with Gasteiger partial charge in [-0.2, -0.15) is 0 Å². The summed E-state index contributed by atoms with van der Waals surface area (Å²) in [5.74, 6) is 0.915. The number of hydrogen-bond acceptors (Lipinski definition) is 4. The molecule has 2 aliphatic heterocycles. The van der Waals surface area contributed by atoms with Crippen LogP contribution < -0.4 is 0 Å². The lowest BCUT2D eigenvalue weighted by molar-refractivity contribution is -0.131. The maximum atomic E-state index is 12.4. The maximum Gasteiger partial charge on any atom is 0.293 e. The predicted molar refractivity (Wildman–Crippen MR) is 75.3 cm³/mol. The Morgan fingerprint density at radius 3 is 2.71 bits per heavy atom. The molecule has 2 fully saturated rings. The van der Waals surface area contributed by atoms with Gasteiger partial charge >= 0.3 is 0 Å². The summed E-state index contributed by atoms with van der Waals surface area (Å²) in [5, 5.41) is 4.04. The number of hydrogen-bond donors (Lipinski definition) is 0. The lowest BCUT2D eigenvalue weighted by Crippen LogP contribution is -2.37. The number of amides is 2. The van der Waals surface area contributed by atoms with Crippen molar-refractivity contribution in [1.82, 2.24) is 24.6 Å². The Bertz CT molecular complexity index is 567. The monoisotopic (exact) mass is 291 g/mol. The topological polar surface area (TPSA) is 71.3 Å². The highest BCUT2D eigenvalue weighted by Crippen LogP contribution is 2.33. The maximum absolute atomic E-state index is 12.4. The SMILES string of the molecule is CC(C)CN1C[C@@H]2CN(C(=O)c3ncn(C)n3)C[C@@H]2C1=O. The first-order valence-corrected chi connectivity index (χ1v) is 7.39. The summed E-state index contributed by atoms with van der Waals surface area (Å²) in [5.41, 5.74) is 0. The molecular weight excluding hydrogens is 270 g/mol. The molecule has 7 nitrogen and oxygen atoms in total. The second-order valence-electron chi connectivity index (χ2n) is 6.46. The fourth-order valence-electron chi connectivity index (χ4n) is 3.29. The van der Waals surface area contributed by atoms with Crippen LogP contribution in [0, 0.1) is 17.8 Å². The molecular formula is C14H21N5O2. The van der Waals surface area contributed by atoms with Crippen LogP contribution in [-0.2, 0) is 11.8 Å². The molecule has 2 aliphatic rings. The van der Waals surface area contributed by atoms with E-state index in [1.807, 2.05) is 4.90 Å². The molecule has 1 aromatic rings. The summed E-state index contributed by atoms with van der Waals surface area (Å²) >= 11 is 0. The van der Waals surface area contributed by atoms with Gasteiger partial charge in [0, 0.05) is 39.1 Å². The van der Waals surface area contributed by atoms with E-state index in [-0.39, 0.29) is 29.5 Å². The fraction of sp³-hybridized carbons (Fsp3) is 0.714. The molecule has 0 radical (unpaired) electrons. The molecule has 1 aromatic heterocycles. The van der Waals surface area contributed by atoms with E-state index in [1.165, 1.54) is 11.0 Å². The van der Waals surface area contributed by atoms with Gasteiger partial charge in [-0.15, -0.1) is 5.10 Å². The van der Waals surface area contributed by atoms with Gasteiger partial charge in [0.1, 0.15) is 6.33 Å². The number of aryl methyl sites for hydroxylation is 1. The quantitative estimate of drug-likeness (QED) is 0.786. The van der Waals surface area contributed by atoms with Gasteiger partial charge in [0.25, 0.3) is 5.91 Å². The third-order valence-electron chi connectivity index (χ3n) is 4.19. The van der Waals surface area contributed by atoms with E-state index < -0.39 is 0 Å². The number of carbonyl (C=O) groups excluding carboxylic acids is 2. The second kappa shape index (κ2) is 5.13. The smallest absolute Gasteiger partial charge is 0.293 e. The molecule has 2 saturated heterocycles. The van der Waals surface area contributed by atoms with Crippen molar-refractivity contribution in [1.29, 1.82) is 0 Å². The molecule has 0 aromatic carbocycles. The van der Waals surface area contributed by atoms with E-state index in [4.69, 9.17) is 0 Å². The van der Waals surface area contributed by atoms with Crippen molar-refractivity contribution in [2.45, 2.75) is 13.8 Å². The van der Waals surface area contributed by atoms with Gasteiger partial charge in [-0.25, -0.2) is 4.98 Å². The van der Waals surface area contributed by atoms with E-state index in [2.05, 4.69) is 23.9 Å². The number of fused-ring (bicyclic) bond motifs is 1. The molecule has 3 rings (SSSR count). The van der Waals surface area contributed by atoms with Crippen LogP contribution in [-0.4, -0.2) is 62.6 Å². The van der Waals surface area contributed by atoms with E-state index in [0.717, 1.165) is 13.1 Å². The summed E-state index contributed by atoms with van der Waals surface area (Å²) in [7, 11) is 1.73. The van der Waals surface area contributed by atoms with Gasteiger partial charge in [-0.1, -0.05) is 13.8 Å². The van der Waals surface area contributed by atoms with Crippen LogP contribution >= 0.6 is 0 Å². The Morgan fingerprint density at radius 1 is 1.38 bits per heavy atom. The van der Waals surface area contributed by atoms with E-state index in [1.54, 1.807) is 11.9 Å². The molecule has 114 valence electrons. The van der Waals surface area contributed by atoms with E-state index in [9.17, 15) is 9.59 Å². The summed E-state index contributed by atoms with van der Waals surface area (Å²) in [6.45, 7) is 6.92. The number of likely N-dealkylation sites (tertiary alicyclic amines) is 2. The molecule has 0 N–H and O–H groups in total. The summed E-state index contributed by atoms with van der Waals surface area (Å²) in [4.78, 5) is 32.4. The van der Waals surface area contributed by atoms with Gasteiger partial charge < -0.3 is 9.80 Å². The summed E-state index contributed by atoms with van der Waals surface area (Å²) in [6.07, 6.45) is 1.51. The normalized spacial score (nSPS) is 25.0. The number of carbonyl (C=O) groups is 2. The highest BCUT2D eigenvalue weighted by Gasteiger charge is 2.47. The molecule has 21 heavy (non-hydrogen) atoms. The first-order valence-electron chi connectivity index (χ1n) is 7.39. The third kappa shape index (κ3) is 2.52. The molecule has 0 saturated carbocycles. The summed E-state index contributed by atoms with van der Waals surface area (Å²) < 4.78 is 1.51. The van der Waals surface area contributed by atoms with Crippen LogP contribution in [0.25, 0.3) is 0 Å². The molecule has 2 atom stereocenters. The number of nitrogens with zero attached hydrogens (tertiary/aromatic N) is 5. The van der Waals surface area contributed by atoms with Crippen LogP contribution in [0.1, 0.15) is 24.5 Å². The minimum Gasteiger partial charge on any atom is -0.342 e. The first-order chi connectivity index (χ1) is 9.95. The molecule has 3 heterocycles. The third-order valence-corrected chi connectivity index (χ3v) is 4.19. The average Bonchev–Trinajstić information content (AvgIpc) is 3.07. The molecule has 0 bridgehead atoms. The summed E-state index contributed by atoms with van der Waals surface area (Å²) in [6, 6.07) is 0. The average molecular weight is 291 g/mol. The lowest BCUT2D eigenvalue weighted by atomic mass is 10.0. The van der Waals surface area contributed by atoms with Crippen molar-refractivity contribution < 1.29 is 9.59 Å². The molecule has 7 heteroatoms. The van der Waals surface area contributed by atoms with Crippen molar-refractivity contribution in [3.05, 3.63) is 12.2 Å². The molecule has 0 aliphatic carbocycles. The largest absolute Gasteiger partial charge is 0.342 e. The fourth-order valence-corrected chi connectivity index (χ4v) is 3.29. The zero-order valence-electron chi connectivity index (χ0n) is 12.7. The lowest BCUT2D eigenvalue weighted by Gasteiger charge is -2.22. The zero-order chi connectivity index (χ0) is 15.1. The Morgan fingerprint density at radius 2 is 2.14 bits per heavy atom. The van der Waals surface area contributed by atoms with Gasteiger partial charge in [-0.3, -0.25) is 14.3 Å². The van der Waals surface area contributed by atoms with Crippen molar-refractivity contribution in [3.8, 4) is 0 Å². The Kier molecular flexibility index (Phi) is 3.43. The van der Waals surface area contributed by atoms with Crippen LogP contribution in [0.15, 0.2) is 6.33 Å². The highest BCUT2D eigenvalue weighted by atomic mass is 16.2. The van der Waals surface area contributed by atoms with Gasteiger partial charge in [0.05, 0.1) is 5.92 Å². The zero-order valence-corrected chi connectivity index (χ0v) is 12.7. The van der Waals surface area contributed by atoms with Gasteiger partial charge in [-0.05, 0) is 5.92 Å². The Balaban J connectivity index is 1.66. The molecule has 2 amide bonds. The van der Waals surface area contributed by atoms with Crippen LogP contribution in [0.3, 0.4) is 0 Å². The Hall–Kier alpha value is -1.92. The van der Waals surface area contributed by atoms with Crippen molar-refractivity contribution in [3.63, 3.8) is 0 Å².